The minimum atomic E-state index is -0.880. The molecular formula is C11H21N3O2. The molecule has 0 bridgehead atoms. The van der Waals surface area contributed by atoms with Crippen LogP contribution in [0.5, 0.6) is 0 Å². The van der Waals surface area contributed by atoms with Crippen LogP contribution in [0.15, 0.2) is 0 Å². The van der Waals surface area contributed by atoms with Crippen molar-refractivity contribution in [2.24, 2.45) is 11.7 Å². The van der Waals surface area contributed by atoms with Crippen LogP contribution in [0.4, 0.5) is 4.79 Å². The van der Waals surface area contributed by atoms with E-state index in [1.165, 1.54) is 24.2 Å². The van der Waals surface area contributed by atoms with Gasteiger partial charge in [0, 0.05) is 19.6 Å². The zero-order chi connectivity index (χ0) is 11.6. The van der Waals surface area contributed by atoms with Gasteiger partial charge in [-0.05, 0) is 18.8 Å². The molecule has 2 aliphatic rings. The number of nitrogens with zero attached hydrogens (tertiary/aromatic N) is 1. The van der Waals surface area contributed by atoms with Crippen LogP contribution < -0.4 is 11.1 Å². The van der Waals surface area contributed by atoms with E-state index < -0.39 is 11.8 Å². The molecule has 2 rings (SSSR count). The highest BCUT2D eigenvalue weighted by molar-refractivity contribution is 5.66. The van der Waals surface area contributed by atoms with Crippen LogP contribution in [0.1, 0.15) is 32.1 Å². The normalized spacial score (nSPS) is 32.7. The summed E-state index contributed by atoms with van der Waals surface area (Å²) in [5.41, 5.74) is 5.67. The highest BCUT2D eigenvalue weighted by Gasteiger charge is 2.44. The number of hydrogen-bond donors (Lipinski definition) is 3. The van der Waals surface area contributed by atoms with E-state index in [-0.39, 0.29) is 0 Å². The van der Waals surface area contributed by atoms with Crippen molar-refractivity contribution in [1.29, 1.82) is 0 Å². The number of nitrogens with one attached hydrogen (secondary N) is 1. The van der Waals surface area contributed by atoms with Crippen LogP contribution in [-0.4, -0.2) is 41.4 Å². The number of rotatable bonds is 1. The maximum atomic E-state index is 11.2. The Hall–Kier alpha value is -0.810. The van der Waals surface area contributed by atoms with Crippen LogP contribution in [0, 0.1) is 5.92 Å². The number of hydrogen-bond acceptors (Lipinski definition) is 3. The molecule has 0 radical (unpaired) electrons. The lowest BCUT2D eigenvalue weighted by Crippen LogP contribution is -2.71. The van der Waals surface area contributed by atoms with E-state index in [1.807, 2.05) is 0 Å². The summed E-state index contributed by atoms with van der Waals surface area (Å²) in [5, 5.41) is 12.5. The number of piperazine rings is 1. The molecule has 4 N–H and O–H groups in total. The van der Waals surface area contributed by atoms with Crippen LogP contribution in [0.25, 0.3) is 0 Å². The Morgan fingerprint density at radius 2 is 2.06 bits per heavy atom. The van der Waals surface area contributed by atoms with Crippen molar-refractivity contribution in [2.45, 2.75) is 37.8 Å². The number of nitrogens with two attached hydrogens (primary N) is 1. The Balaban J connectivity index is 2.14. The van der Waals surface area contributed by atoms with E-state index in [4.69, 9.17) is 5.73 Å². The molecule has 2 fully saturated rings. The molecule has 5 heteroatoms. The van der Waals surface area contributed by atoms with Gasteiger partial charge in [-0.1, -0.05) is 19.3 Å². The maximum Gasteiger partial charge on any atom is 0.408 e. The fraction of sp³-hybridized carbons (Fsp3) is 0.909. The maximum absolute atomic E-state index is 11.2. The summed E-state index contributed by atoms with van der Waals surface area (Å²) in [6.07, 6.45) is 4.85. The SMILES string of the molecule is NC1(C2CCCCC2)CNCCN1C(=O)O. The Kier molecular flexibility index (Phi) is 3.35. The van der Waals surface area contributed by atoms with E-state index in [1.54, 1.807) is 0 Å². The molecular weight excluding hydrogens is 206 g/mol. The quantitative estimate of drug-likeness (QED) is 0.619. The van der Waals surface area contributed by atoms with E-state index in [9.17, 15) is 9.90 Å². The van der Waals surface area contributed by atoms with Gasteiger partial charge in [0.15, 0.2) is 0 Å². The molecule has 0 spiro atoms. The summed E-state index contributed by atoms with van der Waals surface area (Å²) >= 11 is 0. The average molecular weight is 227 g/mol. The summed E-state index contributed by atoms with van der Waals surface area (Å²) in [5.74, 6) is 0.310. The Morgan fingerprint density at radius 3 is 2.69 bits per heavy atom. The van der Waals surface area contributed by atoms with Crippen molar-refractivity contribution in [3.05, 3.63) is 0 Å². The zero-order valence-corrected chi connectivity index (χ0v) is 9.61. The minimum Gasteiger partial charge on any atom is -0.465 e. The minimum absolute atomic E-state index is 0.310. The predicted molar refractivity (Wildman–Crippen MR) is 61.1 cm³/mol. The molecule has 1 unspecified atom stereocenters. The van der Waals surface area contributed by atoms with Gasteiger partial charge in [-0.2, -0.15) is 0 Å². The second kappa shape index (κ2) is 4.59. The van der Waals surface area contributed by atoms with Gasteiger partial charge in [0.1, 0.15) is 5.66 Å². The van der Waals surface area contributed by atoms with E-state index >= 15 is 0 Å². The van der Waals surface area contributed by atoms with Gasteiger partial charge in [-0.25, -0.2) is 4.79 Å². The topological polar surface area (TPSA) is 78.6 Å². The molecule has 1 saturated heterocycles. The largest absolute Gasteiger partial charge is 0.465 e. The van der Waals surface area contributed by atoms with Crippen molar-refractivity contribution in [2.75, 3.05) is 19.6 Å². The van der Waals surface area contributed by atoms with Crippen LogP contribution >= 0.6 is 0 Å². The summed E-state index contributed by atoms with van der Waals surface area (Å²) < 4.78 is 0. The van der Waals surface area contributed by atoms with Gasteiger partial charge in [-0.15, -0.1) is 0 Å². The van der Waals surface area contributed by atoms with Gasteiger partial charge < -0.3 is 16.2 Å². The molecule has 1 aliphatic heterocycles. The van der Waals surface area contributed by atoms with E-state index in [0.29, 0.717) is 25.6 Å². The second-order valence-electron chi connectivity index (χ2n) is 4.94. The first-order valence-corrected chi connectivity index (χ1v) is 6.15. The fourth-order valence-corrected chi connectivity index (χ4v) is 3.02. The highest BCUT2D eigenvalue weighted by Crippen LogP contribution is 2.34. The smallest absolute Gasteiger partial charge is 0.408 e. The first-order chi connectivity index (χ1) is 7.64. The van der Waals surface area contributed by atoms with Crippen molar-refractivity contribution in [3.8, 4) is 0 Å². The molecule has 16 heavy (non-hydrogen) atoms. The summed E-state index contributed by atoms with van der Waals surface area (Å²) in [6.45, 7) is 1.80. The summed E-state index contributed by atoms with van der Waals surface area (Å²) in [4.78, 5) is 12.7. The highest BCUT2D eigenvalue weighted by atomic mass is 16.4. The van der Waals surface area contributed by atoms with Crippen LogP contribution in [-0.2, 0) is 0 Å². The molecule has 5 nitrogen and oxygen atoms in total. The lowest BCUT2D eigenvalue weighted by atomic mass is 9.78. The second-order valence-corrected chi connectivity index (χ2v) is 4.94. The Morgan fingerprint density at radius 1 is 1.38 bits per heavy atom. The summed E-state index contributed by atoms with van der Waals surface area (Å²) in [7, 11) is 0. The molecule has 0 aromatic heterocycles. The third kappa shape index (κ3) is 2.01. The van der Waals surface area contributed by atoms with Gasteiger partial charge in [0.25, 0.3) is 0 Å². The van der Waals surface area contributed by atoms with Gasteiger partial charge in [0.05, 0.1) is 0 Å². The first-order valence-electron chi connectivity index (χ1n) is 6.15. The Labute approximate surface area is 96.0 Å². The Bertz CT molecular complexity index is 266. The van der Waals surface area contributed by atoms with Gasteiger partial charge in [0.2, 0.25) is 0 Å². The monoisotopic (exact) mass is 227 g/mol. The first kappa shape index (κ1) is 11.7. The molecule has 92 valence electrons. The van der Waals surface area contributed by atoms with Gasteiger partial charge in [-0.3, -0.25) is 4.90 Å². The third-order valence-electron chi connectivity index (χ3n) is 3.97. The third-order valence-corrected chi connectivity index (χ3v) is 3.97. The number of carboxylic acid groups (broad SMARTS) is 1. The average Bonchev–Trinajstić information content (AvgIpc) is 2.30. The predicted octanol–water partition coefficient (Wildman–Crippen LogP) is 0.805. The lowest BCUT2D eigenvalue weighted by Gasteiger charge is -2.49. The van der Waals surface area contributed by atoms with Crippen molar-refractivity contribution >= 4 is 6.09 Å². The molecule has 1 atom stereocenters. The zero-order valence-electron chi connectivity index (χ0n) is 9.61. The molecule has 1 aliphatic carbocycles. The summed E-state index contributed by atoms with van der Waals surface area (Å²) in [6, 6.07) is 0. The molecule has 1 amide bonds. The van der Waals surface area contributed by atoms with E-state index in [2.05, 4.69) is 5.32 Å². The molecule has 1 heterocycles. The molecule has 1 saturated carbocycles. The number of carbonyl (C=O) groups is 1. The van der Waals surface area contributed by atoms with E-state index in [0.717, 1.165) is 12.8 Å². The molecule has 0 aromatic carbocycles. The fourth-order valence-electron chi connectivity index (χ4n) is 3.02. The standard InChI is InChI=1S/C11H21N3O2/c12-11(9-4-2-1-3-5-9)8-13-6-7-14(11)10(15)16/h9,13H,1-8,12H2,(H,15,16). The lowest BCUT2D eigenvalue weighted by molar-refractivity contribution is 0.00880. The number of amides is 1. The van der Waals surface area contributed by atoms with Gasteiger partial charge >= 0.3 is 6.09 Å². The van der Waals surface area contributed by atoms with Crippen molar-refractivity contribution in [1.82, 2.24) is 10.2 Å². The molecule has 0 aromatic rings. The van der Waals surface area contributed by atoms with Crippen molar-refractivity contribution in [3.63, 3.8) is 0 Å². The van der Waals surface area contributed by atoms with Crippen LogP contribution in [0.2, 0.25) is 0 Å². The van der Waals surface area contributed by atoms with Crippen LogP contribution in [0.3, 0.4) is 0 Å². The van der Waals surface area contributed by atoms with Crippen molar-refractivity contribution < 1.29 is 9.90 Å².